The Kier molecular flexibility index (Phi) is 2.78. The highest BCUT2D eigenvalue weighted by Crippen LogP contribution is 2.19. The zero-order chi connectivity index (χ0) is 9.19. The number of aromatic nitrogens is 2. The molecule has 0 aliphatic rings. The quantitative estimate of drug-likeness (QED) is 0.707. The first-order chi connectivity index (χ1) is 5.54. The minimum Gasteiger partial charge on any atom is -0.345 e. The fraction of sp³-hybridized carbons (Fsp3) is 0.667. The average Bonchev–Trinajstić information content (AvgIpc) is 2.35. The lowest BCUT2D eigenvalue weighted by Crippen LogP contribution is -2.11. The van der Waals surface area contributed by atoms with E-state index < -0.39 is 0 Å². The van der Waals surface area contributed by atoms with E-state index in [9.17, 15) is 0 Å². The van der Waals surface area contributed by atoms with E-state index in [2.05, 4.69) is 30.7 Å². The second kappa shape index (κ2) is 3.48. The van der Waals surface area contributed by atoms with Crippen molar-refractivity contribution < 1.29 is 0 Å². The van der Waals surface area contributed by atoms with Crippen molar-refractivity contribution >= 4 is 11.6 Å². The SMILES string of the molecule is CC(C)(C)c1cnc(CCCl)[nH]1. The molecule has 0 amide bonds. The Labute approximate surface area is 78.4 Å². The lowest BCUT2D eigenvalue weighted by atomic mass is 9.93. The molecular formula is C9H15ClN2. The van der Waals surface area contributed by atoms with Gasteiger partial charge in [0.05, 0.1) is 0 Å². The van der Waals surface area contributed by atoms with Crippen molar-refractivity contribution in [3.05, 3.63) is 17.7 Å². The van der Waals surface area contributed by atoms with Gasteiger partial charge in [-0.2, -0.15) is 0 Å². The fourth-order valence-electron chi connectivity index (χ4n) is 0.960. The number of imidazole rings is 1. The number of nitrogens with zero attached hydrogens (tertiary/aromatic N) is 1. The molecule has 0 fully saturated rings. The summed E-state index contributed by atoms with van der Waals surface area (Å²) in [6.07, 6.45) is 2.71. The standard InChI is InChI=1S/C9H15ClN2/c1-9(2,3)7-6-11-8(12-7)4-5-10/h6H,4-5H2,1-3H3,(H,11,12). The summed E-state index contributed by atoms with van der Waals surface area (Å²) in [6, 6.07) is 0. The predicted molar refractivity (Wildman–Crippen MR) is 51.7 cm³/mol. The topological polar surface area (TPSA) is 28.7 Å². The molecule has 1 N–H and O–H groups in total. The highest BCUT2D eigenvalue weighted by atomic mass is 35.5. The van der Waals surface area contributed by atoms with E-state index in [1.165, 1.54) is 5.69 Å². The molecule has 0 aliphatic heterocycles. The van der Waals surface area contributed by atoms with Gasteiger partial charge in [0.2, 0.25) is 0 Å². The van der Waals surface area contributed by atoms with Crippen molar-refractivity contribution in [3.63, 3.8) is 0 Å². The summed E-state index contributed by atoms with van der Waals surface area (Å²) < 4.78 is 0. The van der Waals surface area contributed by atoms with Crippen LogP contribution < -0.4 is 0 Å². The Hall–Kier alpha value is -0.500. The predicted octanol–water partition coefficient (Wildman–Crippen LogP) is 2.49. The molecule has 0 saturated heterocycles. The van der Waals surface area contributed by atoms with Gasteiger partial charge in [0.1, 0.15) is 5.82 Å². The molecule has 0 unspecified atom stereocenters. The van der Waals surface area contributed by atoms with Crippen molar-refractivity contribution in [2.75, 3.05) is 5.88 Å². The highest BCUT2D eigenvalue weighted by Gasteiger charge is 2.15. The van der Waals surface area contributed by atoms with E-state index in [0.29, 0.717) is 5.88 Å². The smallest absolute Gasteiger partial charge is 0.107 e. The number of aryl methyl sites for hydroxylation is 1. The Morgan fingerprint density at radius 3 is 2.58 bits per heavy atom. The van der Waals surface area contributed by atoms with Gasteiger partial charge >= 0.3 is 0 Å². The molecule has 3 heteroatoms. The van der Waals surface area contributed by atoms with E-state index in [4.69, 9.17) is 11.6 Å². The van der Waals surface area contributed by atoms with Crippen LogP contribution in [0.15, 0.2) is 6.20 Å². The molecule has 1 rings (SSSR count). The van der Waals surface area contributed by atoms with E-state index in [0.717, 1.165) is 12.2 Å². The molecular weight excluding hydrogens is 172 g/mol. The fourth-order valence-corrected chi connectivity index (χ4v) is 1.14. The molecule has 0 bridgehead atoms. The van der Waals surface area contributed by atoms with Crippen LogP contribution in [-0.4, -0.2) is 15.8 Å². The first-order valence-electron chi connectivity index (χ1n) is 4.14. The minimum absolute atomic E-state index is 0.150. The second-order valence-corrected chi connectivity index (χ2v) is 4.31. The second-order valence-electron chi connectivity index (χ2n) is 3.93. The average molecular weight is 187 g/mol. The number of rotatable bonds is 2. The molecule has 2 nitrogen and oxygen atoms in total. The Balaban J connectivity index is 2.77. The maximum Gasteiger partial charge on any atom is 0.107 e. The molecule has 1 aromatic rings. The summed E-state index contributed by atoms with van der Waals surface area (Å²) in [7, 11) is 0. The van der Waals surface area contributed by atoms with Gasteiger partial charge in [-0.05, 0) is 0 Å². The summed E-state index contributed by atoms with van der Waals surface area (Å²) in [6.45, 7) is 6.47. The summed E-state index contributed by atoms with van der Waals surface area (Å²) in [4.78, 5) is 7.49. The van der Waals surface area contributed by atoms with Crippen LogP contribution in [0, 0.1) is 0 Å². The highest BCUT2D eigenvalue weighted by molar-refractivity contribution is 6.17. The lowest BCUT2D eigenvalue weighted by molar-refractivity contribution is 0.571. The van der Waals surface area contributed by atoms with Gasteiger partial charge in [-0.3, -0.25) is 0 Å². The molecule has 12 heavy (non-hydrogen) atoms. The van der Waals surface area contributed by atoms with Gasteiger partial charge in [-0.15, -0.1) is 11.6 Å². The molecule has 0 atom stereocenters. The minimum atomic E-state index is 0.150. The van der Waals surface area contributed by atoms with E-state index in [1.807, 2.05) is 6.20 Å². The molecule has 0 spiro atoms. The molecule has 0 aromatic carbocycles. The third kappa shape index (κ3) is 2.24. The van der Waals surface area contributed by atoms with Crippen LogP contribution in [0.4, 0.5) is 0 Å². The summed E-state index contributed by atoms with van der Waals surface area (Å²) in [5, 5.41) is 0. The van der Waals surface area contributed by atoms with E-state index in [1.54, 1.807) is 0 Å². The molecule has 0 aliphatic carbocycles. The lowest BCUT2D eigenvalue weighted by Gasteiger charge is -2.14. The Bertz CT molecular complexity index is 247. The van der Waals surface area contributed by atoms with E-state index >= 15 is 0 Å². The zero-order valence-electron chi connectivity index (χ0n) is 7.82. The van der Waals surface area contributed by atoms with Crippen LogP contribution in [0.3, 0.4) is 0 Å². The Morgan fingerprint density at radius 2 is 2.17 bits per heavy atom. The maximum atomic E-state index is 5.60. The van der Waals surface area contributed by atoms with Crippen LogP contribution in [0.25, 0.3) is 0 Å². The van der Waals surface area contributed by atoms with Gasteiger partial charge in [0.15, 0.2) is 0 Å². The number of hydrogen-bond donors (Lipinski definition) is 1. The number of halogens is 1. The third-order valence-electron chi connectivity index (χ3n) is 1.77. The van der Waals surface area contributed by atoms with Crippen LogP contribution in [0.1, 0.15) is 32.3 Å². The number of hydrogen-bond acceptors (Lipinski definition) is 1. The van der Waals surface area contributed by atoms with E-state index in [-0.39, 0.29) is 5.41 Å². The monoisotopic (exact) mass is 186 g/mol. The third-order valence-corrected chi connectivity index (χ3v) is 1.96. The maximum absolute atomic E-state index is 5.60. The van der Waals surface area contributed by atoms with Crippen molar-refractivity contribution in [1.29, 1.82) is 0 Å². The summed E-state index contributed by atoms with van der Waals surface area (Å²) in [5.41, 5.74) is 1.32. The molecule has 1 heterocycles. The summed E-state index contributed by atoms with van der Waals surface area (Å²) in [5.74, 6) is 1.60. The zero-order valence-corrected chi connectivity index (χ0v) is 8.57. The number of nitrogens with one attached hydrogen (secondary N) is 1. The van der Waals surface area contributed by atoms with Crippen molar-refractivity contribution in [2.45, 2.75) is 32.6 Å². The van der Waals surface area contributed by atoms with Crippen LogP contribution in [0.5, 0.6) is 0 Å². The van der Waals surface area contributed by atoms with Gasteiger partial charge < -0.3 is 4.98 Å². The van der Waals surface area contributed by atoms with Crippen molar-refractivity contribution in [3.8, 4) is 0 Å². The van der Waals surface area contributed by atoms with Gasteiger partial charge in [-0.1, -0.05) is 20.8 Å². The van der Waals surface area contributed by atoms with Gasteiger partial charge in [-0.25, -0.2) is 4.98 Å². The van der Waals surface area contributed by atoms with Crippen LogP contribution in [0.2, 0.25) is 0 Å². The number of alkyl halides is 1. The van der Waals surface area contributed by atoms with Crippen molar-refractivity contribution in [1.82, 2.24) is 9.97 Å². The van der Waals surface area contributed by atoms with Crippen LogP contribution in [-0.2, 0) is 11.8 Å². The molecule has 1 aromatic heterocycles. The van der Waals surface area contributed by atoms with Crippen LogP contribution >= 0.6 is 11.6 Å². The normalized spacial score (nSPS) is 12.0. The Morgan fingerprint density at radius 1 is 1.50 bits per heavy atom. The summed E-state index contributed by atoms with van der Waals surface area (Å²) >= 11 is 5.60. The van der Waals surface area contributed by atoms with Crippen molar-refractivity contribution in [2.24, 2.45) is 0 Å². The van der Waals surface area contributed by atoms with Gasteiger partial charge in [0, 0.05) is 29.6 Å². The van der Waals surface area contributed by atoms with Gasteiger partial charge in [0.25, 0.3) is 0 Å². The molecule has 0 saturated carbocycles. The largest absolute Gasteiger partial charge is 0.345 e. The number of H-pyrrole nitrogens is 1. The molecule has 0 radical (unpaired) electrons. The first kappa shape index (κ1) is 9.59. The molecule has 68 valence electrons. The number of aromatic amines is 1. The first-order valence-corrected chi connectivity index (χ1v) is 4.68.